The second-order valence-corrected chi connectivity index (χ2v) is 3.35. The fraction of sp³-hybridized carbons (Fsp3) is 1.00. The van der Waals surface area contributed by atoms with E-state index in [1.54, 1.807) is 14.2 Å². The standard InChI is InChI=1S/C9H19NO3/c1-12-9(13-2)7-10(5-6-11)8-3-4-8/h8-9,11H,3-7H2,1-2H3. The van der Waals surface area contributed by atoms with E-state index in [0.29, 0.717) is 12.6 Å². The number of hydrogen-bond acceptors (Lipinski definition) is 4. The lowest BCUT2D eigenvalue weighted by Crippen LogP contribution is -2.37. The van der Waals surface area contributed by atoms with Crippen molar-refractivity contribution >= 4 is 0 Å². The zero-order valence-corrected chi connectivity index (χ0v) is 8.40. The highest BCUT2D eigenvalue weighted by molar-refractivity contribution is 4.84. The lowest BCUT2D eigenvalue weighted by atomic mass is 10.4. The van der Waals surface area contributed by atoms with Gasteiger partial charge in [0.15, 0.2) is 6.29 Å². The number of ether oxygens (including phenoxy) is 2. The molecule has 0 aromatic carbocycles. The van der Waals surface area contributed by atoms with Crippen LogP contribution in [0.2, 0.25) is 0 Å². The predicted octanol–water partition coefficient (Wildman–Crippen LogP) is 0.0620. The van der Waals surface area contributed by atoms with Gasteiger partial charge in [-0.3, -0.25) is 4.90 Å². The van der Waals surface area contributed by atoms with E-state index in [-0.39, 0.29) is 12.9 Å². The lowest BCUT2D eigenvalue weighted by Gasteiger charge is -2.24. The van der Waals surface area contributed by atoms with Crippen molar-refractivity contribution in [1.29, 1.82) is 0 Å². The second-order valence-electron chi connectivity index (χ2n) is 3.35. The summed E-state index contributed by atoms with van der Waals surface area (Å²) in [7, 11) is 3.27. The summed E-state index contributed by atoms with van der Waals surface area (Å²) >= 11 is 0. The van der Waals surface area contributed by atoms with Crippen molar-refractivity contribution in [3.05, 3.63) is 0 Å². The molecule has 0 saturated heterocycles. The van der Waals surface area contributed by atoms with Crippen molar-refractivity contribution in [3.63, 3.8) is 0 Å². The zero-order valence-electron chi connectivity index (χ0n) is 8.40. The topological polar surface area (TPSA) is 41.9 Å². The summed E-state index contributed by atoms with van der Waals surface area (Å²) in [5.41, 5.74) is 0. The van der Waals surface area contributed by atoms with Crippen molar-refractivity contribution < 1.29 is 14.6 Å². The third-order valence-electron chi connectivity index (χ3n) is 2.36. The summed E-state index contributed by atoms with van der Waals surface area (Å²) in [6.45, 7) is 1.67. The number of methoxy groups -OCH3 is 2. The van der Waals surface area contributed by atoms with E-state index in [9.17, 15) is 0 Å². The van der Waals surface area contributed by atoms with Gasteiger partial charge in [0.05, 0.1) is 6.61 Å². The zero-order chi connectivity index (χ0) is 9.68. The Hall–Kier alpha value is -0.160. The molecule has 4 nitrogen and oxygen atoms in total. The quantitative estimate of drug-likeness (QED) is 0.575. The summed E-state index contributed by atoms with van der Waals surface area (Å²) in [6, 6.07) is 0.639. The molecule has 0 aromatic rings. The maximum Gasteiger partial charge on any atom is 0.169 e. The van der Waals surface area contributed by atoms with Gasteiger partial charge in [0.2, 0.25) is 0 Å². The van der Waals surface area contributed by atoms with Crippen LogP contribution in [0.3, 0.4) is 0 Å². The van der Waals surface area contributed by atoms with E-state index in [1.165, 1.54) is 12.8 Å². The molecule has 0 atom stereocenters. The summed E-state index contributed by atoms with van der Waals surface area (Å²) in [6.07, 6.45) is 2.30. The SMILES string of the molecule is COC(CN(CCO)C1CC1)OC. The minimum atomic E-state index is -0.174. The van der Waals surface area contributed by atoms with Gasteiger partial charge in [-0.25, -0.2) is 0 Å². The summed E-state index contributed by atoms with van der Waals surface area (Å²) in [4.78, 5) is 2.22. The van der Waals surface area contributed by atoms with Crippen LogP contribution in [0.25, 0.3) is 0 Å². The Morgan fingerprint density at radius 3 is 2.38 bits per heavy atom. The molecule has 0 unspecified atom stereocenters. The van der Waals surface area contributed by atoms with Crippen LogP contribution in [-0.4, -0.2) is 56.3 Å². The Morgan fingerprint density at radius 1 is 1.38 bits per heavy atom. The molecule has 0 aliphatic heterocycles. The third kappa shape index (κ3) is 3.60. The van der Waals surface area contributed by atoms with Crippen LogP contribution in [0.4, 0.5) is 0 Å². The fourth-order valence-electron chi connectivity index (χ4n) is 1.43. The van der Waals surface area contributed by atoms with E-state index in [0.717, 1.165) is 6.54 Å². The second kappa shape index (κ2) is 5.54. The van der Waals surface area contributed by atoms with Crippen molar-refractivity contribution in [3.8, 4) is 0 Å². The van der Waals surface area contributed by atoms with Crippen LogP contribution in [-0.2, 0) is 9.47 Å². The summed E-state index contributed by atoms with van der Waals surface area (Å²) < 4.78 is 10.2. The molecule has 4 heteroatoms. The van der Waals surface area contributed by atoms with E-state index >= 15 is 0 Å². The minimum absolute atomic E-state index is 0.174. The first-order chi connectivity index (χ1) is 6.31. The number of nitrogens with zero attached hydrogens (tertiary/aromatic N) is 1. The molecule has 1 aliphatic rings. The molecule has 0 spiro atoms. The van der Waals surface area contributed by atoms with Gasteiger partial charge in [-0.2, -0.15) is 0 Å². The summed E-state index contributed by atoms with van der Waals surface area (Å²) in [5.74, 6) is 0. The van der Waals surface area contributed by atoms with Crippen LogP contribution < -0.4 is 0 Å². The molecule has 1 aliphatic carbocycles. The molecule has 0 amide bonds. The first-order valence-electron chi connectivity index (χ1n) is 4.72. The van der Waals surface area contributed by atoms with Crippen LogP contribution >= 0.6 is 0 Å². The van der Waals surface area contributed by atoms with E-state index < -0.39 is 0 Å². The van der Waals surface area contributed by atoms with Gasteiger partial charge in [-0.15, -0.1) is 0 Å². The Balaban J connectivity index is 2.27. The average Bonchev–Trinajstić information content (AvgIpc) is 2.95. The smallest absolute Gasteiger partial charge is 0.169 e. The molecule has 13 heavy (non-hydrogen) atoms. The molecule has 0 bridgehead atoms. The number of hydrogen-bond donors (Lipinski definition) is 1. The molecule has 1 saturated carbocycles. The van der Waals surface area contributed by atoms with Gasteiger partial charge in [0.25, 0.3) is 0 Å². The molecule has 1 fully saturated rings. The van der Waals surface area contributed by atoms with Crippen LogP contribution in [0.5, 0.6) is 0 Å². The molecule has 1 N–H and O–H groups in total. The molecule has 78 valence electrons. The average molecular weight is 189 g/mol. The minimum Gasteiger partial charge on any atom is -0.395 e. The van der Waals surface area contributed by atoms with E-state index in [1.807, 2.05) is 0 Å². The lowest BCUT2D eigenvalue weighted by molar-refractivity contribution is -0.118. The van der Waals surface area contributed by atoms with E-state index in [2.05, 4.69) is 4.90 Å². The fourth-order valence-corrected chi connectivity index (χ4v) is 1.43. The van der Waals surface area contributed by atoms with Crippen LogP contribution in [0.1, 0.15) is 12.8 Å². The normalized spacial score (nSPS) is 17.3. The number of aliphatic hydroxyl groups is 1. The van der Waals surface area contributed by atoms with Crippen molar-refractivity contribution in [2.24, 2.45) is 0 Å². The van der Waals surface area contributed by atoms with Crippen molar-refractivity contribution in [2.45, 2.75) is 25.2 Å². The molecule has 1 rings (SSSR count). The molecule has 0 radical (unpaired) electrons. The summed E-state index contributed by atoms with van der Waals surface area (Å²) in [5, 5.41) is 8.85. The maximum absolute atomic E-state index is 8.85. The monoisotopic (exact) mass is 189 g/mol. The van der Waals surface area contributed by atoms with Crippen LogP contribution in [0, 0.1) is 0 Å². The molecular formula is C9H19NO3. The van der Waals surface area contributed by atoms with E-state index in [4.69, 9.17) is 14.6 Å². The van der Waals surface area contributed by atoms with Gasteiger partial charge in [0.1, 0.15) is 0 Å². The van der Waals surface area contributed by atoms with Crippen molar-refractivity contribution in [2.75, 3.05) is 33.9 Å². The molecular weight excluding hydrogens is 170 g/mol. The van der Waals surface area contributed by atoms with Gasteiger partial charge in [0, 0.05) is 33.4 Å². The Bertz CT molecular complexity index is 135. The molecule has 0 heterocycles. The highest BCUT2D eigenvalue weighted by atomic mass is 16.7. The van der Waals surface area contributed by atoms with Gasteiger partial charge >= 0.3 is 0 Å². The Kier molecular flexibility index (Phi) is 4.66. The Morgan fingerprint density at radius 2 is 2.00 bits per heavy atom. The van der Waals surface area contributed by atoms with Gasteiger partial charge in [-0.1, -0.05) is 0 Å². The first-order valence-corrected chi connectivity index (χ1v) is 4.72. The number of rotatable bonds is 7. The predicted molar refractivity (Wildman–Crippen MR) is 49.5 cm³/mol. The largest absolute Gasteiger partial charge is 0.395 e. The number of aliphatic hydroxyl groups excluding tert-OH is 1. The van der Waals surface area contributed by atoms with Crippen LogP contribution in [0.15, 0.2) is 0 Å². The van der Waals surface area contributed by atoms with Crippen molar-refractivity contribution in [1.82, 2.24) is 4.90 Å². The molecule has 0 aromatic heterocycles. The third-order valence-corrected chi connectivity index (χ3v) is 2.36. The Labute approximate surface area is 79.4 Å². The highest BCUT2D eigenvalue weighted by Gasteiger charge is 2.30. The van der Waals surface area contributed by atoms with Gasteiger partial charge < -0.3 is 14.6 Å². The first kappa shape index (κ1) is 10.9. The van der Waals surface area contributed by atoms with Gasteiger partial charge in [-0.05, 0) is 12.8 Å². The maximum atomic E-state index is 8.85. The highest BCUT2D eigenvalue weighted by Crippen LogP contribution is 2.26.